The average molecular weight is 484 g/mol. The van der Waals surface area contributed by atoms with Crippen molar-refractivity contribution in [2.45, 2.75) is 65.3 Å². The van der Waals surface area contributed by atoms with Crippen LogP contribution in [0.1, 0.15) is 63.5 Å². The summed E-state index contributed by atoms with van der Waals surface area (Å²) < 4.78 is 56.0. The molecule has 1 aromatic heterocycles. The number of methoxy groups -OCH3 is 1. The van der Waals surface area contributed by atoms with E-state index in [1.54, 1.807) is 38.7 Å². The predicted molar refractivity (Wildman–Crippen MR) is 121 cm³/mol. The van der Waals surface area contributed by atoms with Crippen LogP contribution in [0.25, 0.3) is 11.3 Å². The molecule has 1 N–H and O–H groups in total. The molecule has 2 heterocycles. The highest BCUT2D eigenvalue weighted by atomic mass is 19.4. The Labute approximate surface area is 197 Å². The molecule has 9 heteroatoms. The number of aliphatic hydroxyl groups is 1. The number of hydrogen-bond acceptors (Lipinski definition) is 5. The van der Waals surface area contributed by atoms with Crippen molar-refractivity contribution in [3.05, 3.63) is 41.2 Å². The van der Waals surface area contributed by atoms with Crippen molar-refractivity contribution < 1.29 is 37.0 Å². The highest BCUT2D eigenvalue weighted by Crippen LogP contribution is 2.45. The van der Waals surface area contributed by atoms with E-state index in [0.717, 1.165) is 12.1 Å². The van der Waals surface area contributed by atoms with Gasteiger partial charge in [0.25, 0.3) is 0 Å². The Hall–Kier alpha value is -2.68. The second-order valence-corrected chi connectivity index (χ2v) is 10.1. The first-order valence-electron chi connectivity index (χ1n) is 11.2. The second-order valence-electron chi connectivity index (χ2n) is 10.1. The van der Waals surface area contributed by atoms with Crippen LogP contribution in [-0.2, 0) is 10.9 Å². The summed E-state index contributed by atoms with van der Waals surface area (Å²) in [7, 11) is 1.29. The van der Waals surface area contributed by atoms with E-state index in [2.05, 4.69) is 0 Å². The van der Waals surface area contributed by atoms with Gasteiger partial charge in [0.2, 0.25) is 0 Å². The number of likely N-dealkylation sites (tertiary alicyclic amines) is 1. The summed E-state index contributed by atoms with van der Waals surface area (Å²) in [4.78, 5) is 14.2. The van der Waals surface area contributed by atoms with Crippen molar-refractivity contribution >= 4 is 6.09 Å². The second kappa shape index (κ2) is 9.17. The number of aliphatic hydroxyl groups excluding tert-OH is 1. The van der Waals surface area contributed by atoms with Crippen LogP contribution in [0.5, 0.6) is 5.75 Å². The first-order chi connectivity index (χ1) is 15.6. The van der Waals surface area contributed by atoms with E-state index in [1.165, 1.54) is 13.2 Å². The molecule has 0 spiro atoms. The Morgan fingerprint density at radius 3 is 2.50 bits per heavy atom. The van der Waals surface area contributed by atoms with Gasteiger partial charge in [0.15, 0.2) is 0 Å². The number of piperidine rings is 1. The highest BCUT2D eigenvalue weighted by molar-refractivity contribution is 5.70. The van der Waals surface area contributed by atoms with E-state index in [4.69, 9.17) is 13.9 Å². The number of carbonyl (C=O) groups excluding carboxylic acids is 1. The molecule has 0 saturated carbocycles. The minimum atomic E-state index is -4.50. The van der Waals surface area contributed by atoms with E-state index < -0.39 is 35.0 Å². The lowest BCUT2D eigenvalue weighted by atomic mass is 9.76. The summed E-state index contributed by atoms with van der Waals surface area (Å²) >= 11 is 0. The fourth-order valence-corrected chi connectivity index (χ4v) is 4.28. The zero-order valence-corrected chi connectivity index (χ0v) is 20.4. The van der Waals surface area contributed by atoms with Crippen molar-refractivity contribution in [3.63, 3.8) is 0 Å². The van der Waals surface area contributed by atoms with Crippen molar-refractivity contribution in [3.8, 4) is 17.1 Å². The van der Waals surface area contributed by atoms with Gasteiger partial charge in [-0.2, -0.15) is 13.2 Å². The Balaban J connectivity index is 1.88. The molecule has 0 radical (unpaired) electrons. The van der Waals surface area contributed by atoms with Crippen LogP contribution < -0.4 is 4.74 Å². The van der Waals surface area contributed by atoms with Crippen molar-refractivity contribution in [1.82, 2.24) is 4.90 Å². The first kappa shape index (κ1) is 25.9. The molecule has 0 bridgehead atoms. The normalized spacial score (nSPS) is 20.2. The fraction of sp³-hybridized carbons (Fsp3) is 0.560. The Morgan fingerprint density at radius 1 is 1.24 bits per heavy atom. The zero-order valence-electron chi connectivity index (χ0n) is 20.4. The molecule has 3 rings (SSSR count). The van der Waals surface area contributed by atoms with Gasteiger partial charge in [0.05, 0.1) is 18.2 Å². The van der Waals surface area contributed by atoms with Gasteiger partial charge in [-0.05, 0) is 70.4 Å². The summed E-state index contributed by atoms with van der Waals surface area (Å²) in [6.45, 7) is 9.83. The molecule has 1 saturated heterocycles. The van der Waals surface area contributed by atoms with Crippen LogP contribution in [-0.4, -0.2) is 41.9 Å². The molecular formula is C25H32F3NO5. The van der Waals surface area contributed by atoms with Gasteiger partial charge in [0.1, 0.15) is 29.0 Å². The number of furan rings is 1. The lowest BCUT2D eigenvalue weighted by Crippen LogP contribution is -2.48. The van der Waals surface area contributed by atoms with Gasteiger partial charge >= 0.3 is 12.3 Å². The topological polar surface area (TPSA) is 72.1 Å². The van der Waals surface area contributed by atoms with Crippen LogP contribution in [0.2, 0.25) is 0 Å². The first-order valence-corrected chi connectivity index (χ1v) is 11.2. The number of nitrogens with zero attached hydrogens (tertiary/aromatic N) is 1. The average Bonchev–Trinajstić information content (AvgIpc) is 3.12. The Morgan fingerprint density at radius 2 is 1.91 bits per heavy atom. The van der Waals surface area contributed by atoms with Gasteiger partial charge in [-0.15, -0.1) is 0 Å². The predicted octanol–water partition coefficient (Wildman–Crippen LogP) is 6.35. The van der Waals surface area contributed by atoms with Gasteiger partial charge in [0, 0.05) is 18.5 Å². The molecule has 1 amide bonds. The minimum absolute atomic E-state index is 0.0216. The number of rotatable bonds is 4. The van der Waals surface area contributed by atoms with Crippen LogP contribution >= 0.6 is 0 Å². The molecule has 1 aliphatic heterocycles. The number of alkyl halides is 3. The monoisotopic (exact) mass is 483 g/mol. The van der Waals surface area contributed by atoms with E-state index in [9.17, 15) is 23.1 Å². The fourth-order valence-electron chi connectivity index (χ4n) is 4.28. The number of carbonyl (C=O) groups is 1. The number of aryl methyl sites for hydroxylation is 1. The Bertz CT molecular complexity index is 1040. The van der Waals surface area contributed by atoms with E-state index in [1.807, 2.05) is 6.92 Å². The molecule has 1 aliphatic rings. The zero-order chi connectivity index (χ0) is 25.5. The number of halogens is 3. The van der Waals surface area contributed by atoms with Gasteiger partial charge in [-0.3, -0.25) is 0 Å². The van der Waals surface area contributed by atoms with E-state index in [-0.39, 0.29) is 18.1 Å². The van der Waals surface area contributed by atoms with E-state index in [0.29, 0.717) is 36.3 Å². The Kier molecular flexibility index (Phi) is 6.99. The molecule has 1 fully saturated rings. The summed E-state index contributed by atoms with van der Waals surface area (Å²) in [5.74, 6) is 0.624. The van der Waals surface area contributed by atoms with Gasteiger partial charge in [-0.1, -0.05) is 6.92 Å². The van der Waals surface area contributed by atoms with Crippen LogP contribution in [0.15, 0.2) is 28.7 Å². The van der Waals surface area contributed by atoms with Crippen LogP contribution in [0.3, 0.4) is 0 Å². The smallest absolute Gasteiger partial charge is 0.416 e. The number of ether oxygens (including phenoxy) is 2. The molecule has 2 atom stereocenters. The van der Waals surface area contributed by atoms with Crippen LogP contribution in [0, 0.1) is 12.3 Å². The summed E-state index contributed by atoms with van der Waals surface area (Å²) in [5.41, 5.74) is -1.14. The van der Waals surface area contributed by atoms with Crippen molar-refractivity contribution in [2.24, 2.45) is 5.41 Å². The summed E-state index contributed by atoms with van der Waals surface area (Å²) in [6, 6.07) is 4.87. The van der Waals surface area contributed by atoms with Crippen LogP contribution in [0.4, 0.5) is 18.0 Å². The lowest BCUT2D eigenvalue weighted by Gasteiger charge is -2.42. The molecule has 188 valence electrons. The molecule has 1 unspecified atom stereocenters. The summed E-state index contributed by atoms with van der Waals surface area (Å²) in [6.07, 6.45) is -4.62. The lowest BCUT2D eigenvalue weighted by molar-refractivity contribution is -0.137. The SMILES string of the molecule is COc1cc(C(F)(F)F)ccc1-c1oc([C@H](O)C2(C)CCCN(C(=O)OC(C)(C)C)C2)cc1C. The molecule has 34 heavy (non-hydrogen) atoms. The maximum absolute atomic E-state index is 13.1. The maximum atomic E-state index is 13.1. The third-order valence-electron chi connectivity index (χ3n) is 6.02. The summed E-state index contributed by atoms with van der Waals surface area (Å²) in [5, 5.41) is 11.2. The highest BCUT2D eigenvalue weighted by Gasteiger charge is 2.42. The molecule has 1 aromatic carbocycles. The largest absolute Gasteiger partial charge is 0.496 e. The minimum Gasteiger partial charge on any atom is -0.496 e. The van der Waals surface area contributed by atoms with Crippen molar-refractivity contribution in [2.75, 3.05) is 20.2 Å². The molecule has 2 aromatic rings. The van der Waals surface area contributed by atoms with Crippen molar-refractivity contribution in [1.29, 1.82) is 0 Å². The molecule has 0 aliphatic carbocycles. The molecule has 6 nitrogen and oxygen atoms in total. The maximum Gasteiger partial charge on any atom is 0.416 e. The number of benzene rings is 1. The van der Waals surface area contributed by atoms with Gasteiger partial charge < -0.3 is 23.9 Å². The third-order valence-corrected chi connectivity index (χ3v) is 6.02. The van der Waals surface area contributed by atoms with Gasteiger partial charge in [-0.25, -0.2) is 4.79 Å². The van der Waals surface area contributed by atoms with E-state index >= 15 is 0 Å². The quantitative estimate of drug-likeness (QED) is 0.548. The number of hydrogen-bond donors (Lipinski definition) is 1. The molecular weight excluding hydrogens is 451 g/mol. The third kappa shape index (κ3) is 5.51. The number of amides is 1. The standard InChI is InChI=1S/C25H32F3NO5/c1-15-12-19(33-20(15)17-9-8-16(25(26,27)28)13-18(17)32-6)21(30)24(5)10-7-11-29(14-24)22(31)34-23(2,3)4/h8-9,12-13,21,30H,7,10-11,14H2,1-6H3/t21-,24?/m0/s1.